The molecule has 0 saturated carbocycles. The van der Waals surface area contributed by atoms with E-state index in [0.29, 0.717) is 5.71 Å². The lowest BCUT2D eigenvalue weighted by atomic mass is 10.1. The van der Waals surface area contributed by atoms with Crippen molar-refractivity contribution in [1.82, 2.24) is 0 Å². The van der Waals surface area contributed by atoms with E-state index in [4.69, 9.17) is 0 Å². The summed E-state index contributed by atoms with van der Waals surface area (Å²) in [6, 6.07) is 27.7. The van der Waals surface area contributed by atoms with Gasteiger partial charge in [-0.2, -0.15) is 4.40 Å². The molecule has 3 aromatic carbocycles. The van der Waals surface area contributed by atoms with E-state index >= 15 is 0 Å². The molecule has 0 aromatic heterocycles. The minimum atomic E-state index is -1.58. The number of hydrogen-bond acceptors (Lipinski definition) is 1. The zero-order valence-electron chi connectivity index (χ0n) is 14.7. The molecule has 5 heteroatoms. The van der Waals surface area contributed by atoms with E-state index in [2.05, 4.69) is 20.3 Å². The molecule has 3 aromatic rings. The first-order valence-electron chi connectivity index (χ1n) is 8.53. The second-order valence-corrected chi connectivity index (χ2v) is 8.00. The molecule has 0 N–H and O–H groups in total. The minimum absolute atomic E-state index is 0.691. The van der Waals surface area contributed by atoms with Crippen LogP contribution in [0.25, 0.3) is 5.70 Å². The molecule has 1 unspecified atom stereocenters. The van der Waals surface area contributed by atoms with Crippen LogP contribution in [0.5, 0.6) is 0 Å². The van der Waals surface area contributed by atoms with Crippen molar-refractivity contribution in [2.45, 2.75) is 6.92 Å². The van der Waals surface area contributed by atoms with Crippen molar-refractivity contribution in [2.75, 3.05) is 4.31 Å². The largest absolute Gasteiger partial charge is 0.251 e. The summed E-state index contributed by atoms with van der Waals surface area (Å²) in [6.45, 7) is 2.03. The van der Waals surface area contributed by atoms with Crippen molar-refractivity contribution in [1.29, 1.82) is 0 Å². The minimum Gasteiger partial charge on any atom is -0.239 e. The Morgan fingerprint density at radius 1 is 0.815 bits per heavy atom. The fourth-order valence-corrected chi connectivity index (χ4v) is 5.00. The highest BCUT2D eigenvalue weighted by atomic mass is 79.9. The standard InChI is InChI=1S/C22H17BrN2OS/c1-16-12-14-19(15-13-16)25-22(18-10-6-3-7-11-18)20(23)21(24-27(25)26)17-8-4-2-5-9-17/h2-15H,1H3. The molecule has 0 fully saturated rings. The van der Waals surface area contributed by atoms with Crippen LogP contribution in [0.1, 0.15) is 16.7 Å². The maximum absolute atomic E-state index is 13.2. The Labute approximate surface area is 169 Å². The molecule has 0 radical (unpaired) electrons. The van der Waals surface area contributed by atoms with Crippen LogP contribution < -0.4 is 4.31 Å². The van der Waals surface area contributed by atoms with Crippen molar-refractivity contribution >= 4 is 44.2 Å². The van der Waals surface area contributed by atoms with E-state index in [1.54, 1.807) is 4.31 Å². The Balaban J connectivity index is 1.92. The highest BCUT2D eigenvalue weighted by Crippen LogP contribution is 2.38. The fourth-order valence-electron chi connectivity index (χ4n) is 2.95. The van der Waals surface area contributed by atoms with Gasteiger partial charge >= 0.3 is 0 Å². The van der Waals surface area contributed by atoms with Gasteiger partial charge in [0.1, 0.15) is 0 Å². The predicted molar refractivity (Wildman–Crippen MR) is 117 cm³/mol. The van der Waals surface area contributed by atoms with E-state index in [9.17, 15) is 4.21 Å². The Hall–Kier alpha value is -2.50. The second kappa shape index (κ2) is 7.62. The average Bonchev–Trinajstić information content (AvgIpc) is 2.71. The summed E-state index contributed by atoms with van der Waals surface area (Å²) in [5.74, 6) is 0. The van der Waals surface area contributed by atoms with Crippen molar-refractivity contribution in [3.63, 3.8) is 0 Å². The topological polar surface area (TPSA) is 32.7 Å². The first-order valence-corrected chi connectivity index (χ1v) is 10.4. The van der Waals surface area contributed by atoms with Gasteiger partial charge in [0.15, 0.2) is 0 Å². The highest BCUT2D eigenvalue weighted by molar-refractivity contribution is 9.12. The van der Waals surface area contributed by atoms with Gasteiger partial charge in [-0.05, 0) is 35.0 Å². The van der Waals surface area contributed by atoms with Crippen molar-refractivity contribution < 1.29 is 4.21 Å². The summed E-state index contributed by atoms with van der Waals surface area (Å²) in [5, 5.41) is 0. The molecule has 0 amide bonds. The number of rotatable bonds is 3. The lowest BCUT2D eigenvalue weighted by molar-refractivity contribution is 0.684. The van der Waals surface area contributed by atoms with Crippen LogP contribution in [0.2, 0.25) is 0 Å². The predicted octanol–water partition coefficient (Wildman–Crippen LogP) is 5.65. The Morgan fingerprint density at radius 3 is 1.96 bits per heavy atom. The molecule has 27 heavy (non-hydrogen) atoms. The van der Waals surface area contributed by atoms with E-state index in [1.807, 2.05) is 91.9 Å². The molecule has 1 aliphatic heterocycles. The molecule has 4 rings (SSSR count). The smallest absolute Gasteiger partial charge is 0.239 e. The lowest BCUT2D eigenvalue weighted by Crippen LogP contribution is -2.29. The first kappa shape index (κ1) is 17.9. The quantitative estimate of drug-likeness (QED) is 0.522. The molecular formula is C22H17BrN2OS. The number of benzene rings is 3. The summed E-state index contributed by atoms with van der Waals surface area (Å²) in [4.78, 5) is 0. The molecule has 0 aliphatic carbocycles. The molecule has 3 nitrogen and oxygen atoms in total. The molecule has 0 spiro atoms. The number of hydrogen-bond donors (Lipinski definition) is 0. The maximum Gasteiger partial charge on any atom is 0.251 e. The van der Waals surface area contributed by atoms with Crippen LogP contribution in [-0.2, 0) is 11.2 Å². The van der Waals surface area contributed by atoms with E-state index in [-0.39, 0.29) is 0 Å². The number of nitrogens with zero attached hydrogens (tertiary/aromatic N) is 2. The number of anilines is 1. The Morgan fingerprint density at radius 2 is 1.37 bits per heavy atom. The van der Waals surface area contributed by atoms with Gasteiger partial charge in [-0.15, -0.1) is 0 Å². The van der Waals surface area contributed by atoms with Crippen molar-refractivity contribution in [3.8, 4) is 0 Å². The van der Waals surface area contributed by atoms with Crippen LogP contribution in [0.3, 0.4) is 0 Å². The zero-order valence-corrected chi connectivity index (χ0v) is 17.1. The second-order valence-electron chi connectivity index (χ2n) is 6.20. The summed E-state index contributed by atoms with van der Waals surface area (Å²) < 4.78 is 20.3. The third-order valence-electron chi connectivity index (χ3n) is 4.31. The van der Waals surface area contributed by atoms with Gasteiger partial charge in [0, 0.05) is 11.1 Å². The first-order chi connectivity index (χ1) is 13.1. The molecule has 0 bridgehead atoms. The van der Waals surface area contributed by atoms with Gasteiger partial charge in [0.2, 0.25) is 0 Å². The summed E-state index contributed by atoms with van der Waals surface area (Å²) in [7, 11) is 0. The van der Waals surface area contributed by atoms with E-state index < -0.39 is 11.2 Å². The van der Waals surface area contributed by atoms with E-state index in [0.717, 1.165) is 32.6 Å². The maximum atomic E-state index is 13.2. The van der Waals surface area contributed by atoms with Gasteiger partial charge in [0.05, 0.1) is 21.6 Å². The molecule has 134 valence electrons. The Kier molecular flexibility index (Phi) is 5.05. The number of halogens is 1. The van der Waals surface area contributed by atoms with Crippen LogP contribution in [0.15, 0.2) is 93.8 Å². The highest BCUT2D eigenvalue weighted by Gasteiger charge is 2.30. The Bertz CT molecular complexity index is 1040. The van der Waals surface area contributed by atoms with Crippen LogP contribution in [0, 0.1) is 6.92 Å². The third kappa shape index (κ3) is 3.53. The van der Waals surface area contributed by atoms with Gasteiger partial charge in [-0.25, -0.2) is 8.51 Å². The van der Waals surface area contributed by atoms with Crippen LogP contribution in [0.4, 0.5) is 5.69 Å². The number of aryl methyl sites for hydroxylation is 1. The van der Waals surface area contributed by atoms with Gasteiger partial charge < -0.3 is 0 Å². The summed E-state index contributed by atoms with van der Waals surface area (Å²) in [5.41, 5.74) is 5.42. The van der Waals surface area contributed by atoms with Crippen molar-refractivity contribution in [3.05, 3.63) is 106 Å². The lowest BCUT2D eigenvalue weighted by Gasteiger charge is -2.29. The average molecular weight is 437 g/mol. The SMILES string of the molecule is Cc1ccc(N2C(c3ccccc3)=C(Br)C(c3ccccc3)=NS2=O)cc1. The monoisotopic (exact) mass is 436 g/mol. The normalized spacial score (nSPS) is 17.0. The zero-order chi connectivity index (χ0) is 18.8. The van der Waals surface area contributed by atoms with Gasteiger partial charge in [-0.1, -0.05) is 78.4 Å². The fraction of sp³-hybridized carbons (Fsp3) is 0.0455. The molecular weight excluding hydrogens is 420 g/mol. The molecule has 1 heterocycles. The van der Waals surface area contributed by atoms with Gasteiger partial charge in [-0.3, -0.25) is 0 Å². The molecule has 0 saturated heterocycles. The van der Waals surface area contributed by atoms with Gasteiger partial charge in [0.25, 0.3) is 11.2 Å². The molecule has 1 atom stereocenters. The molecule has 1 aliphatic rings. The summed E-state index contributed by atoms with van der Waals surface area (Å²) >= 11 is 2.16. The number of allylic oxidation sites excluding steroid dienone is 1. The summed E-state index contributed by atoms with van der Waals surface area (Å²) in [6.07, 6.45) is 0. The van der Waals surface area contributed by atoms with Crippen LogP contribution in [-0.4, -0.2) is 9.92 Å². The third-order valence-corrected chi connectivity index (χ3v) is 6.10. The van der Waals surface area contributed by atoms with Crippen molar-refractivity contribution in [2.24, 2.45) is 4.40 Å². The van der Waals surface area contributed by atoms with E-state index in [1.165, 1.54) is 0 Å². The van der Waals surface area contributed by atoms with Crippen LogP contribution >= 0.6 is 15.9 Å².